The van der Waals surface area contributed by atoms with Crippen LogP contribution in [-0.4, -0.2) is 58.1 Å². The smallest absolute Gasteiger partial charge is 0.244 e. The highest BCUT2D eigenvalue weighted by Crippen LogP contribution is 2.30. The van der Waals surface area contributed by atoms with Crippen LogP contribution < -0.4 is 14.4 Å². The predicted molar refractivity (Wildman–Crippen MR) is 127 cm³/mol. The Balaban J connectivity index is 1.41. The van der Waals surface area contributed by atoms with Crippen LogP contribution in [0.1, 0.15) is 11.3 Å². The van der Waals surface area contributed by atoms with E-state index in [-0.39, 0.29) is 9.92 Å². The van der Waals surface area contributed by atoms with Gasteiger partial charge in [0.15, 0.2) is 16.6 Å². The van der Waals surface area contributed by atoms with Gasteiger partial charge in [-0.05, 0) is 35.9 Å². The van der Waals surface area contributed by atoms with Gasteiger partial charge in [-0.2, -0.15) is 4.31 Å². The van der Waals surface area contributed by atoms with Crippen LogP contribution in [0.5, 0.6) is 11.5 Å². The van der Waals surface area contributed by atoms with Crippen LogP contribution >= 0.6 is 22.9 Å². The third-order valence-electron chi connectivity index (χ3n) is 5.39. The van der Waals surface area contributed by atoms with Crippen molar-refractivity contribution in [2.24, 2.45) is 0 Å². The van der Waals surface area contributed by atoms with Gasteiger partial charge in [0.1, 0.15) is 10.7 Å². The average Bonchev–Trinajstić information content (AvgIpc) is 3.27. The summed E-state index contributed by atoms with van der Waals surface area (Å²) in [7, 11) is -0.590. The largest absolute Gasteiger partial charge is 0.493 e. The van der Waals surface area contributed by atoms with Crippen molar-refractivity contribution in [2.75, 3.05) is 45.3 Å². The van der Waals surface area contributed by atoms with Crippen molar-refractivity contribution in [1.29, 1.82) is 0 Å². The number of halogens is 2. The molecule has 1 aliphatic rings. The zero-order valence-electron chi connectivity index (χ0n) is 18.1. The van der Waals surface area contributed by atoms with Crippen LogP contribution in [0.25, 0.3) is 0 Å². The van der Waals surface area contributed by atoms with Crippen LogP contribution in [0.3, 0.4) is 0 Å². The van der Waals surface area contributed by atoms with Crippen LogP contribution in [0.15, 0.2) is 46.7 Å². The molecule has 0 N–H and O–H groups in total. The maximum atomic E-state index is 13.3. The lowest BCUT2D eigenvalue weighted by Crippen LogP contribution is -2.48. The third kappa shape index (κ3) is 5.08. The number of hydrogen-bond donors (Lipinski definition) is 0. The van der Waals surface area contributed by atoms with E-state index in [9.17, 15) is 12.8 Å². The topological polar surface area (TPSA) is 72.0 Å². The summed E-state index contributed by atoms with van der Waals surface area (Å²) in [5, 5.41) is 2.74. The van der Waals surface area contributed by atoms with Gasteiger partial charge < -0.3 is 14.4 Å². The maximum absolute atomic E-state index is 13.3. The quantitative estimate of drug-likeness (QED) is 0.476. The van der Waals surface area contributed by atoms with Crippen LogP contribution in [0.2, 0.25) is 5.02 Å². The summed E-state index contributed by atoms with van der Waals surface area (Å²) in [4.78, 5) is 6.73. The normalized spacial score (nSPS) is 15.0. The highest BCUT2D eigenvalue weighted by Gasteiger charge is 2.31. The van der Waals surface area contributed by atoms with E-state index in [4.69, 9.17) is 26.1 Å². The molecule has 7 nitrogen and oxygen atoms in total. The zero-order chi connectivity index (χ0) is 23.6. The summed E-state index contributed by atoms with van der Waals surface area (Å²) in [6.07, 6.45) is 0.647. The van der Waals surface area contributed by atoms with Crippen LogP contribution in [-0.2, 0) is 16.4 Å². The van der Waals surface area contributed by atoms with Crippen molar-refractivity contribution >= 4 is 38.1 Å². The molecule has 4 rings (SSSR count). The van der Waals surface area contributed by atoms with Crippen molar-refractivity contribution in [3.63, 3.8) is 0 Å². The molecule has 0 unspecified atom stereocenters. The van der Waals surface area contributed by atoms with Crippen molar-refractivity contribution in [1.82, 2.24) is 9.29 Å². The average molecular weight is 512 g/mol. The Morgan fingerprint density at radius 1 is 1.06 bits per heavy atom. The SMILES string of the molecule is COc1ccc(Cc2csc(N3CCN(S(=O)(=O)c4ccc(F)cc4Cl)CC3)n2)cc1OC. The highest BCUT2D eigenvalue weighted by atomic mass is 35.5. The molecule has 1 saturated heterocycles. The fourth-order valence-corrected chi connectivity index (χ4v) is 6.47. The summed E-state index contributed by atoms with van der Waals surface area (Å²) >= 11 is 7.51. The van der Waals surface area contributed by atoms with Crippen LogP contribution in [0, 0.1) is 5.82 Å². The van der Waals surface area contributed by atoms with Gasteiger partial charge in [0.25, 0.3) is 0 Å². The fraction of sp³-hybridized carbons (Fsp3) is 0.318. The Hall–Kier alpha value is -2.40. The number of rotatable bonds is 7. The van der Waals surface area contributed by atoms with E-state index < -0.39 is 15.8 Å². The van der Waals surface area contributed by atoms with E-state index in [2.05, 4.69) is 4.90 Å². The number of hydrogen-bond acceptors (Lipinski definition) is 7. The second-order valence-corrected chi connectivity index (χ2v) is 10.6. The van der Waals surface area contributed by atoms with E-state index in [1.165, 1.54) is 21.7 Å². The van der Waals surface area contributed by atoms with Crippen molar-refractivity contribution in [2.45, 2.75) is 11.3 Å². The summed E-state index contributed by atoms with van der Waals surface area (Å²) < 4.78 is 51.2. The van der Waals surface area contributed by atoms with E-state index in [1.807, 2.05) is 23.6 Å². The lowest BCUT2D eigenvalue weighted by molar-refractivity contribution is 0.354. The summed E-state index contributed by atoms with van der Waals surface area (Å²) in [6.45, 7) is 1.59. The number of nitrogens with zero attached hydrogens (tertiary/aromatic N) is 3. The molecular weight excluding hydrogens is 489 g/mol. The number of thiazole rings is 1. The molecule has 176 valence electrons. The molecule has 1 fully saturated rings. The Kier molecular flexibility index (Phi) is 7.08. The second-order valence-electron chi connectivity index (χ2n) is 7.45. The fourth-order valence-electron chi connectivity index (χ4n) is 3.67. The zero-order valence-corrected chi connectivity index (χ0v) is 20.5. The number of benzene rings is 2. The molecule has 2 aromatic carbocycles. The number of ether oxygens (including phenoxy) is 2. The molecule has 11 heteroatoms. The molecule has 0 aliphatic carbocycles. The lowest BCUT2D eigenvalue weighted by atomic mass is 10.1. The first-order chi connectivity index (χ1) is 15.8. The molecule has 2 heterocycles. The Morgan fingerprint density at radius 2 is 1.79 bits per heavy atom. The lowest BCUT2D eigenvalue weighted by Gasteiger charge is -2.33. The Labute approximate surface area is 201 Å². The summed E-state index contributed by atoms with van der Waals surface area (Å²) in [6, 6.07) is 9.10. The first kappa shape index (κ1) is 23.7. The molecule has 0 bridgehead atoms. The third-order valence-corrected chi connectivity index (χ3v) is 8.73. The number of methoxy groups -OCH3 is 2. The number of anilines is 1. The van der Waals surface area contributed by atoms with Gasteiger partial charge >= 0.3 is 0 Å². The van der Waals surface area contributed by atoms with Crippen molar-refractivity contribution in [3.05, 3.63) is 63.9 Å². The van der Waals surface area contributed by atoms with Crippen LogP contribution in [0.4, 0.5) is 9.52 Å². The molecule has 0 saturated carbocycles. The van der Waals surface area contributed by atoms with E-state index in [0.29, 0.717) is 44.1 Å². The van der Waals surface area contributed by atoms with Gasteiger partial charge in [-0.1, -0.05) is 17.7 Å². The molecule has 0 radical (unpaired) electrons. The molecule has 3 aromatic rings. The van der Waals surface area contributed by atoms with Crippen molar-refractivity contribution < 1.29 is 22.3 Å². The van der Waals surface area contributed by atoms with Gasteiger partial charge in [0.05, 0.1) is 24.9 Å². The number of aromatic nitrogens is 1. The second kappa shape index (κ2) is 9.84. The monoisotopic (exact) mass is 511 g/mol. The van der Waals surface area contributed by atoms with E-state index in [0.717, 1.165) is 28.5 Å². The molecular formula is C22H23ClFN3O4S2. The first-order valence-electron chi connectivity index (χ1n) is 10.2. The molecule has 0 spiro atoms. The van der Waals surface area contributed by atoms with Gasteiger partial charge in [-0.3, -0.25) is 0 Å². The minimum Gasteiger partial charge on any atom is -0.493 e. The number of sulfonamides is 1. The van der Waals surface area contributed by atoms with Crippen molar-refractivity contribution in [3.8, 4) is 11.5 Å². The first-order valence-corrected chi connectivity index (χ1v) is 12.9. The Bertz CT molecular complexity index is 1240. The molecule has 0 amide bonds. The molecule has 1 aromatic heterocycles. The summed E-state index contributed by atoms with van der Waals surface area (Å²) in [5.74, 6) is 0.774. The standard InChI is InChI=1S/C22H23ClFN3O4S2/c1-30-19-5-3-15(12-20(19)31-2)11-17-14-32-22(25-17)26-7-9-27(10-8-26)33(28,29)21-6-4-16(24)13-18(21)23/h3-6,12-14H,7-11H2,1-2H3. The minimum absolute atomic E-state index is 0.0783. The number of piperazine rings is 1. The van der Waals surface area contributed by atoms with Gasteiger partial charge in [0.2, 0.25) is 10.0 Å². The molecule has 0 atom stereocenters. The predicted octanol–water partition coefficient (Wildman–Crippen LogP) is 4.05. The van der Waals surface area contributed by atoms with E-state index in [1.54, 1.807) is 14.2 Å². The molecule has 1 aliphatic heterocycles. The maximum Gasteiger partial charge on any atom is 0.244 e. The molecule has 33 heavy (non-hydrogen) atoms. The minimum atomic E-state index is -3.79. The van der Waals surface area contributed by atoms with Gasteiger partial charge in [0, 0.05) is 38.0 Å². The Morgan fingerprint density at radius 3 is 2.45 bits per heavy atom. The van der Waals surface area contributed by atoms with Gasteiger partial charge in [-0.25, -0.2) is 17.8 Å². The van der Waals surface area contributed by atoms with E-state index >= 15 is 0 Å². The highest BCUT2D eigenvalue weighted by molar-refractivity contribution is 7.89. The summed E-state index contributed by atoms with van der Waals surface area (Å²) in [5.41, 5.74) is 1.98. The van der Waals surface area contributed by atoms with Gasteiger partial charge in [-0.15, -0.1) is 11.3 Å².